The molecule has 0 amide bonds. The van der Waals surface area contributed by atoms with E-state index in [4.69, 9.17) is 25.9 Å². The van der Waals surface area contributed by atoms with Crippen molar-refractivity contribution < 1.29 is 23.8 Å². The second-order valence-corrected chi connectivity index (χ2v) is 19.9. The van der Waals surface area contributed by atoms with Crippen LogP contribution in [-0.2, 0) is 19.7 Å². The van der Waals surface area contributed by atoms with E-state index >= 15 is 0 Å². The number of allylic oxidation sites excluding steroid dienone is 2. The number of halogens is 1. The van der Waals surface area contributed by atoms with Gasteiger partial charge in [-0.1, -0.05) is 71.2 Å². The molecular formula is C43H59ClN2O5. The molecule has 1 N–H and O–H groups in total. The van der Waals surface area contributed by atoms with E-state index in [-0.39, 0.29) is 39.6 Å². The Bertz CT molecular complexity index is 1740. The van der Waals surface area contributed by atoms with E-state index in [1.54, 1.807) is 25.0 Å². The lowest BCUT2D eigenvalue weighted by Gasteiger charge is -2.72. The van der Waals surface area contributed by atoms with Gasteiger partial charge in [-0.2, -0.15) is 0 Å². The predicted molar refractivity (Wildman–Crippen MR) is 199 cm³/mol. The lowest BCUT2D eigenvalue weighted by molar-refractivity contribution is -0.232. The van der Waals surface area contributed by atoms with Crippen LogP contribution in [0.2, 0.25) is 5.02 Å². The highest BCUT2D eigenvalue weighted by Gasteiger charge is 2.70. The minimum absolute atomic E-state index is 0.112. The van der Waals surface area contributed by atoms with Gasteiger partial charge in [0.25, 0.3) is 0 Å². The summed E-state index contributed by atoms with van der Waals surface area (Å²) in [4.78, 5) is 24.8. The average Bonchev–Trinajstić information content (AvgIpc) is 3.70. The Labute approximate surface area is 309 Å². The standard InChI is InChI=1S/C43H59ClN2O5/c1-25(2)28-16-21-43(36-46-45-35(51-36)26-10-12-27(44)13-11-26)23-22-41(8)29(34(28)43)14-15-31-40(7)19-18-32(50-33(47)24-38(3,4)37(48)49)39(5,6)30(40)17-20-42(31,41)9/h10-13,25,29-32H,14-24H2,1-9H3,(H,48,49)/t29-,30+,31-,32+,40+,41-,42-,43+/m1/s1. The first-order valence-corrected chi connectivity index (χ1v) is 19.9. The van der Waals surface area contributed by atoms with Gasteiger partial charge in [-0.25, -0.2) is 0 Å². The normalized spacial score (nSPS) is 37.3. The van der Waals surface area contributed by atoms with Gasteiger partial charge in [0.15, 0.2) is 0 Å². The van der Waals surface area contributed by atoms with Gasteiger partial charge in [-0.3, -0.25) is 9.59 Å². The van der Waals surface area contributed by atoms with Crippen LogP contribution in [0, 0.1) is 50.7 Å². The van der Waals surface area contributed by atoms with Crippen molar-refractivity contribution in [1.29, 1.82) is 0 Å². The third-order valence-electron chi connectivity index (χ3n) is 16.0. The maximum atomic E-state index is 13.1. The van der Waals surface area contributed by atoms with E-state index in [1.165, 1.54) is 19.3 Å². The molecule has 0 aliphatic heterocycles. The zero-order chi connectivity index (χ0) is 36.9. The number of carbonyl (C=O) groups excluding carboxylic acids is 1. The van der Waals surface area contributed by atoms with Crippen molar-refractivity contribution in [2.24, 2.45) is 50.7 Å². The van der Waals surface area contributed by atoms with Gasteiger partial charge >= 0.3 is 11.9 Å². The predicted octanol–water partition coefficient (Wildman–Crippen LogP) is 10.9. The summed E-state index contributed by atoms with van der Waals surface area (Å²) in [5, 5.41) is 19.7. The van der Waals surface area contributed by atoms with Crippen LogP contribution in [0.1, 0.15) is 139 Å². The second-order valence-electron chi connectivity index (χ2n) is 19.4. The van der Waals surface area contributed by atoms with Gasteiger partial charge in [-0.05, 0) is 142 Å². The smallest absolute Gasteiger partial charge is 0.309 e. The molecule has 0 radical (unpaired) electrons. The first-order chi connectivity index (χ1) is 23.8. The van der Waals surface area contributed by atoms with Gasteiger partial charge in [0.1, 0.15) is 6.10 Å². The molecule has 2 aromatic rings. The largest absolute Gasteiger partial charge is 0.481 e. The maximum Gasteiger partial charge on any atom is 0.309 e. The number of fused-ring (bicyclic) bond motifs is 7. The van der Waals surface area contributed by atoms with Crippen molar-refractivity contribution in [3.63, 3.8) is 0 Å². The van der Waals surface area contributed by atoms with Gasteiger partial charge in [-0.15, -0.1) is 10.2 Å². The lowest BCUT2D eigenvalue weighted by Crippen LogP contribution is -2.66. The molecule has 8 heteroatoms. The Morgan fingerprint density at radius 3 is 2.29 bits per heavy atom. The van der Waals surface area contributed by atoms with Gasteiger partial charge < -0.3 is 14.3 Å². The number of rotatable bonds is 7. The molecule has 5 aliphatic carbocycles. The summed E-state index contributed by atoms with van der Waals surface area (Å²) in [6, 6.07) is 7.66. The third-order valence-corrected chi connectivity index (χ3v) is 16.2. The molecule has 0 bridgehead atoms. The number of esters is 1. The molecule has 8 atom stereocenters. The van der Waals surface area contributed by atoms with Crippen molar-refractivity contribution >= 4 is 23.5 Å². The molecule has 278 valence electrons. The number of hydrogen-bond donors (Lipinski definition) is 1. The molecule has 5 aliphatic rings. The fourth-order valence-corrected chi connectivity index (χ4v) is 13.1. The fraction of sp³-hybridized carbons (Fsp3) is 0.721. The number of nitrogens with zero attached hydrogens (tertiary/aromatic N) is 2. The van der Waals surface area contributed by atoms with Crippen molar-refractivity contribution in [2.45, 2.75) is 144 Å². The molecule has 4 saturated carbocycles. The molecule has 7 nitrogen and oxygen atoms in total. The number of carboxylic acid groups (broad SMARTS) is 1. The van der Waals surface area contributed by atoms with Crippen LogP contribution >= 0.6 is 11.6 Å². The molecule has 7 rings (SSSR count). The van der Waals surface area contributed by atoms with Crippen LogP contribution < -0.4 is 0 Å². The SMILES string of the molecule is CC(C)C1=C2[C@H]3CC[C@@H]4[C@@]5(C)CC[C@H](OC(=O)CC(C)(C)C(=O)O)C(C)(C)[C@@H]5CC[C@@]4(C)[C@]3(C)CC[C@@]2(c2nnc(-c3ccc(Cl)cc3)o2)CC1. The molecule has 51 heavy (non-hydrogen) atoms. The Kier molecular flexibility index (Phi) is 8.76. The number of carbonyl (C=O) groups is 2. The summed E-state index contributed by atoms with van der Waals surface area (Å²) in [7, 11) is 0. The van der Waals surface area contributed by atoms with Crippen LogP contribution in [0.3, 0.4) is 0 Å². The molecule has 1 aromatic carbocycles. The Balaban J connectivity index is 1.18. The van der Waals surface area contributed by atoms with Crippen LogP contribution in [0.4, 0.5) is 0 Å². The number of carboxylic acids is 1. The summed E-state index contributed by atoms with van der Waals surface area (Å²) in [6.07, 6.45) is 10.5. The summed E-state index contributed by atoms with van der Waals surface area (Å²) >= 11 is 6.19. The van der Waals surface area contributed by atoms with Crippen molar-refractivity contribution in [2.75, 3.05) is 0 Å². The van der Waals surface area contributed by atoms with Gasteiger partial charge in [0, 0.05) is 16.0 Å². The van der Waals surface area contributed by atoms with Gasteiger partial charge in [0.2, 0.25) is 11.8 Å². The maximum absolute atomic E-state index is 13.1. The van der Waals surface area contributed by atoms with Crippen molar-refractivity contribution in [3.05, 3.63) is 46.3 Å². The zero-order valence-electron chi connectivity index (χ0n) is 32.3. The van der Waals surface area contributed by atoms with E-state index in [0.717, 1.165) is 56.4 Å². The van der Waals surface area contributed by atoms with Crippen molar-refractivity contribution in [3.8, 4) is 11.5 Å². The van der Waals surface area contributed by atoms with Crippen LogP contribution in [0.15, 0.2) is 39.8 Å². The number of hydrogen-bond acceptors (Lipinski definition) is 6. The Morgan fingerprint density at radius 2 is 1.63 bits per heavy atom. The molecule has 4 fully saturated rings. The van der Waals surface area contributed by atoms with Crippen LogP contribution in [-0.4, -0.2) is 33.3 Å². The van der Waals surface area contributed by atoms with E-state index in [9.17, 15) is 14.7 Å². The van der Waals surface area contributed by atoms with Gasteiger partial charge in [0.05, 0.1) is 17.3 Å². The average molecular weight is 719 g/mol. The lowest BCUT2D eigenvalue weighted by atomic mass is 9.33. The van der Waals surface area contributed by atoms with E-state index in [2.05, 4.69) is 53.6 Å². The molecule has 0 spiro atoms. The van der Waals surface area contributed by atoms with Crippen molar-refractivity contribution in [1.82, 2.24) is 10.2 Å². The highest BCUT2D eigenvalue weighted by Crippen LogP contribution is 2.77. The fourth-order valence-electron chi connectivity index (χ4n) is 12.9. The molecule has 1 aromatic heterocycles. The molecular weight excluding hydrogens is 660 g/mol. The Morgan fingerprint density at radius 1 is 0.922 bits per heavy atom. The second kappa shape index (κ2) is 12.2. The van der Waals surface area contributed by atoms with Crippen LogP contribution in [0.5, 0.6) is 0 Å². The quantitative estimate of drug-likeness (QED) is 0.224. The molecule has 0 unspecified atom stereocenters. The summed E-state index contributed by atoms with van der Waals surface area (Å²) in [5.74, 6) is 1.94. The van der Waals surface area contributed by atoms with Crippen LogP contribution in [0.25, 0.3) is 11.5 Å². The van der Waals surface area contributed by atoms with E-state index in [0.29, 0.717) is 34.6 Å². The number of aliphatic carboxylic acids is 1. The minimum atomic E-state index is -1.14. The highest BCUT2D eigenvalue weighted by molar-refractivity contribution is 6.30. The Hall–Kier alpha value is -2.67. The minimum Gasteiger partial charge on any atom is -0.481 e. The number of benzene rings is 1. The molecule has 0 saturated heterocycles. The summed E-state index contributed by atoms with van der Waals surface area (Å²) in [6.45, 7) is 20.4. The van der Waals surface area contributed by atoms with E-state index in [1.807, 2.05) is 24.3 Å². The summed E-state index contributed by atoms with van der Waals surface area (Å²) in [5.41, 5.74) is 3.04. The first kappa shape index (κ1) is 36.7. The zero-order valence-corrected chi connectivity index (χ0v) is 33.1. The number of aromatic nitrogens is 2. The highest BCUT2D eigenvalue weighted by atomic mass is 35.5. The van der Waals surface area contributed by atoms with E-state index < -0.39 is 17.4 Å². The topological polar surface area (TPSA) is 103 Å². The number of ether oxygens (including phenoxy) is 1. The molecule has 1 heterocycles. The summed E-state index contributed by atoms with van der Waals surface area (Å²) < 4.78 is 12.8. The third kappa shape index (κ3) is 5.39. The monoisotopic (exact) mass is 718 g/mol. The first-order valence-electron chi connectivity index (χ1n) is 19.6.